The molecule has 24 heavy (non-hydrogen) atoms. The van der Waals surface area contributed by atoms with Gasteiger partial charge in [0, 0.05) is 19.6 Å². The minimum Gasteiger partial charge on any atom is -0.356 e. The van der Waals surface area contributed by atoms with Crippen LogP contribution in [-0.4, -0.2) is 53.6 Å². The lowest BCUT2D eigenvalue weighted by Crippen LogP contribution is -2.30. The minimum absolute atomic E-state index is 0.147. The van der Waals surface area contributed by atoms with Gasteiger partial charge in [-0.3, -0.25) is 0 Å². The zero-order valence-corrected chi connectivity index (χ0v) is 14.8. The van der Waals surface area contributed by atoms with Gasteiger partial charge in [-0.2, -0.15) is 5.10 Å². The molecule has 0 saturated carbocycles. The van der Waals surface area contributed by atoms with Crippen LogP contribution in [0.25, 0.3) is 11.0 Å². The molecular formula is C15H24N6O2S. The summed E-state index contributed by atoms with van der Waals surface area (Å²) in [6, 6.07) is 0. The number of hydrogen-bond donors (Lipinski definition) is 1. The van der Waals surface area contributed by atoms with Crippen molar-refractivity contribution in [1.29, 1.82) is 0 Å². The Morgan fingerprint density at radius 3 is 2.75 bits per heavy atom. The fraction of sp³-hybridized carbons (Fsp3) is 0.667. The highest BCUT2D eigenvalue weighted by Crippen LogP contribution is 2.25. The summed E-state index contributed by atoms with van der Waals surface area (Å²) >= 11 is 0. The average Bonchev–Trinajstić information content (AvgIpc) is 2.99. The summed E-state index contributed by atoms with van der Waals surface area (Å²) in [5, 5.41) is 5.30. The lowest BCUT2D eigenvalue weighted by Gasteiger charge is -2.27. The van der Waals surface area contributed by atoms with E-state index in [4.69, 9.17) is 0 Å². The van der Waals surface area contributed by atoms with Crippen LogP contribution in [0, 0.1) is 0 Å². The summed E-state index contributed by atoms with van der Waals surface area (Å²) in [6.45, 7) is 4.62. The molecule has 0 radical (unpaired) electrons. The lowest BCUT2D eigenvalue weighted by molar-refractivity contribution is 0.563. The van der Waals surface area contributed by atoms with E-state index in [1.807, 2.05) is 6.92 Å². The SMILES string of the molecule is CCCS(=O)(=O)NCCn1ncc2c(N3CCCCC3)ncnc21. The fourth-order valence-electron chi connectivity index (χ4n) is 3.05. The number of sulfonamides is 1. The number of anilines is 1. The third-order valence-electron chi connectivity index (χ3n) is 4.19. The smallest absolute Gasteiger partial charge is 0.211 e. The Morgan fingerprint density at radius 2 is 2.00 bits per heavy atom. The van der Waals surface area contributed by atoms with Gasteiger partial charge in [-0.05, 0) is 25.7 Å². The Labute approximate surface area is 142 Å². The fourth-order valence-corrected chi connectivity index (χ4v) is 4.13. The molecule has 9 heteroatoms. The zero-order chi connectivity index (χ0) is 17.0. The standard InChI is InChI=1S/C15H24N6O2S/c1-2-10-24(22,23)19-6-9-21-15-13(11-18-21)14(16-12-17-15)20-7-4-3-5-8-20/h11-12,19H,2-10H2,1H3. The molecule has 0 unspecified atom stereocenters. The van der Waals surface area contributed by atoms with E-state index in [0.717, 1.165) is 29.9 Å². The minimum atomic E-state index is -3.20. The van der Waals surface area contributed by atoms with Crippen LogP contribution in [0.15, 0.2) is 12.5 Å². The van der Waals surface area contributed by atoms with Crippen molar-refractivity contribution >= 4 is 26.9 Å². The highest BCUT2D eigenvalue weighted by Gasteiger charge is 2.17. The van der Waals surface area contributed by atoms with Gasteiger partial charge in [0.25, 0.3) is 0 Å². The van der Waals surface area contributed by atoms with Crippen molar-refractivity contribution in [3.8, 4) is 0 Å². The first-order valence-electron chi connectivity index (χ1n) is 8.49. The Morgan fingerprint density at radius 1 is 1.21 bits per heavy atom. The van der Waals surface area contributed by atoms with Gasteiger partial charge in [-0.25, -0.2) is 27.8 Å². The molecule has 1 N–H and O–H groups in total. The van der Waals surface area contributed by atoms with Crippen molar-refractivity contribution in [2.24, 2.45) is 0 Å². The predicted molar refractivity (Wildman–Crippen MR) is 93.5 cm³/mol. The third-order valence-corrected chi connectivity index (χ3v) is 5.78. The molecule has 2 aromatic heterocycles. The Bertz CT molecular complexity index is 782. The van der Waals surface area contributed by atoms with E-state index in [9.17, 15) is 8.42 Å². The molecular weight excluding hydrogens is 328 g/mol. The molecule has 1 saturated heterocycles. The van der Waals surface area contributed by atoms with E-state index < -0.39 is 10.0 Å². The van der Waals surface area contributed by atoms with Crippen molar-refractivity contribution in [1.82, 2.24) is 24.5 Å². The van der Waals surface area contributed by atoms with Gasteiger partial charge >= 0.3 is 0 Å². The molecule has 0 aliphatic carbocycles. The van der Waals surface area contributed by atoms with Crippen LogP contribution in [0.1, 0.15) is 32.6 Å². The van der Waals surface area contributed by atoms with Gasteiger partial charge < -0.3 is 4.90 Å². The maximum atomic E-state index is 11.7. The second-order valence-corrected chi connectivity index (χ2v) is 7.99. The molecule has 8 nitrogen and oxygen atoms in total. The molecule has 0 atom stereocenters. The summed E-state index contributed by atoms with van der Waals surface area (Å²) in [5.41, 5.74) is 0.750. The van der Waals surface area contributed by atoms with Crippen LogP contribution in [0.2, 0.25) is 0 Å². The van der Waals surface area contributed by atoms with Crippen molar-refractivity contribution < 1.29 is 8.42 Å². The van der Waals surface area contributed by atoms with Gasteiger partial charge in [0.15, 0.2) is 5.65 Å². The van der Waals surface area contributed by atoms with Gasteiger partial charge in [0.05, 0.1) is 23.9 Å². The van der Waals surface area contributed by atoms with Gasteiger partial charge in [0.2, 0.25) is 10.0 Å². The molecule has 1 aliphatic heterocycles. The van der Waals surface area contributed by atoms with Gasteiger partial charge in [0.1, 0.15) is 12.1 Å². The topological polar surface area (TPSA) is 93.0 Å². The summed E-state index contributed by atoms with van der Waals surface area (Å²) in [4.78, 5) is 11.1. The summed E-state index contributed by atoms with van der Waals surface area (Å²) in [5.74, 6) is 1.08. The highest BCUT2D eigenvalue weighted by atomic mass is 32.2. The van der Waals surface area contributed by atoms with Crippen LogP contribution in [0.3, 0.4) is 0 Å². The summed E-state index contributed by atoms with van der Waals surface area (Å²) in [6.07, 6.45) is 7.57. The molecule has 0 amide bonds. The Balaban J connectivity index is 1.74. The number of nitrogens with one attached hydrogen (secondary N) is 1. The second-order valence-electron chi connectivity index (χ2n) is 6.06. The number of nitrogens with zero attached hydrogens (tertiary/aromatic N) is 5. The van der Waals surface area contributed by atoms with E-state index in [2.05, 4.69) is 24.7 Å². The van der Waals surface area contributed by atoms with Crippen LogP contribution in [-0.2, 0) is 16.6 Å². The van der Waals surface area contributed by atoms with E-state index in [1.54, 1.807) is 17.2 Å². The highest BCUT2D eigenvalue weighted by molar-refractivity contribution is 7.89. The first-order chi connectivity index (χ1) is 11.6. The summed E-state index contributed by atoms with van der Waals surface area (Å²) < 4.78 is 27.8. The van der Waals surface area contributed by atoms with Crippen LogP contribution in [0.4, 0.5) is 5.82 Å². The van der Waals surface area contributed by atoms with Crippen LogP contribution < -0.4 is 9.62 Å². The first kappa shape index (κ1) is 17.1. The number of rotatable bonds is 7. The molecule has 0 spiro atoms. The largest absolute Gasteiger partial charge is 0.356 e. The normalized spacial score (nSPS) is 16.0. The van der Waals surface area contributed by atoms with Crippen LogP contribution >= 0.6 is 0 Å². The maximum absolute atomic E-state index is 11.7. The quantitative estimate of drug-likeness (QED) is 0.803. The van der Waals surface area contributed by atoms with Crippen molar-refractivity contribution in [2.75, 3.05) is 30.3 Å². The second kappa shape index (κ2) is 7.43. The average molecular weight is 352 g/mol. The van der Waals surface area contributed by atoms with Crippen molar-refractivity contribution in [2.45, 2.75) is 39.2 Å². The maximum Gasteiger partial charge on any atom is 0.211 e. The van der Waals surface area contributed by atoms with Gasteiger partial charge in [-0.1, -0.05) is 6.92 Å². The zero-order valence-electron chi connectivity index (χ0n) is 14.0. The molecule has 0 aromatic carbocycles. The Hall–Kier alpha value is -1.74. The number of aromatic nitrogens is 4. The summed E-state index contributed by atoms with van der Waals surface area (Å²) in [7, 11) is -3.20. The molecule has 1 aliphatic rings. The third kappa shape index (κ3) is 3.84. The van der Waals surface area contributed by atoms with Crippen molar-refractivity contribution in [3.05, 3.63) is 12.5 Å². The van der Waals surface area contributed by atoms with Gasteiger partial charge in [-0.15, -0.1) is 0 Å². The molecule has 3 rings (SSSR count). The predicted octanol–water partition coefficient (Wildman–Crippen LogP) is 1.15. The van der Waals surface area contributed by atoms with Crippen LogP contribution in [0.5, 0.6) is 0 Å². The molecule has 0 bridgehead atoms. The number of fused-ring (bicyclic) bond motifs is 1. The Kier molecular flexibility index (Phi) is 5.30. The van der Waals surface area contributed by atoms with E-state index >= 15 is 0 Å². The molecule has 132 valence electrons. The molecule has 1 fully saturated rings. The van der Waals surface area contributed by atoms with E-state index in [1.165, 1.54) is 19.3 Å². The number of piperidine rings is 1. The molecule has 2 aromatic rings. The number of hydrogen-bond acceptors (Lipinski definition) is 6. The van der Waals surface area contributed by atoms with E-state index in [-0.39, 0.29) is 5.75 Å². The first-order valence-corrected chi connectivity index (χ1v) is 10.1. The van der Waals surface area contributed by atoms with Crippen molar-refractivity contribution in [3.63, 3.8) is 0 Å². The van der Waals surface area contributed by atoms with E-state index in [0.29, 0.717) is 19.5 Å². The monoisotopic (exact) mass is 352 g/mol. The molecule has 3 heterocycles. The lowest BCUT2D eigenvalue weighted by atomic mass is 10.1.